The number of piperazine rings is 2. The maximum Gasteiger partial charge on any atom is 0.255 e. The number of nitrogens with zero attached hydrogens (tertiary/aromatic N) is 4. The Kier molecular flexibility index (Phi) is 35.8. The second-order valence-electron chi connectivity index (χ2n) is 23.5. The highest BCUT2D eigenvalue weighted by Crippen LogP contribution is 2.20. The first-order valence-corrected chi connectivity index (χ1v) is 33.2. The lowest BCUT2D eigenvalue weighted by Gasteiger charge is -2.34. The van der Waals surface area contributed by atoms with E-state index in [0.29, 0.717) is 171 Å². The number of nitrogens with one attached hydrogen (secondary N) is 6. The normalized spacial score (nSPS) is 14.0. The summed E-state index contributed by atoms with van der Waals surface area (Å²) >= 11 is 0. The predicted molar refractivity (Wildman–Crippen MR) is 362 cm³/mol. The van der Waals surface area contributed by atoms with Gasteiger partial charge < -0.3 is 81.6 Å². The van der Waals surface area contributed by atoms with Crippen molar-refractivity contribution < 1.29 is 57.2 Å². The van der Waals surface area contributed by atoms with Crippen LogP contribution in [0.3, 0.4) is 0 Å². The molecule has 2 aliphatic rings. The molecule has 0 aliphatic carbocycles. The summed E-state index contributed by atoms with van der Waals surface area (Å²) in [5.74, 6) is -0.432. The van der Waals surface area contributed by atoms with Crippen LogP contribution in [0.2, 0.25) is 0 Å². The molecule has 0 bridgehead atoms. The minimum Gasteiger partial charge on any atom is -0.398 e. The molecule has 2 aliphatic heterocycles. The minimum absolute atomic E-state index is 0.0441. The van der Waals surface area contributed by atoms with Crippen molar-refractivity contribution in [2.45, 2.75) is 84.7 Å². The molecule has 512 valence electrons. The number of benzene rings is 4. The number of nitrogen functional groups attached to an aromatic ring is 2. The number of aryl methyl sites for hydroxylation is 2. The lowest BCUT2D eigenvalue weighted by atomic mass is 10.1. The van der Waals surface area contributed by atoms with E-state index in [0.717, 1.165) is 114 Å². The molecule has 0 spiro atoms. The van der Waals surface area contributed by atoms with Crippen LogP contribution in [0.5, 0.6) is 0 Å². The summed E-state index contributed by atoms with van der Waals surface area (Å²) in [6, 6.07) is 26.4. The molecule has 2 saturated heterocycles. The molecule has 0 radical (unpaired) electrons. The molecule has 6 amide bonds. The van der Waals surface area contributed by atoms with Crippen molar-refractivity contribution in [2.75, 3.05) is 193 Å². The minimum atomic E-state index is -0.170. The van der Waals surface area contributed by atoms with E-state index in [1.807, 2.05) is 86.6 Å². The van der Waals surface area contributed by atoms with Crippen LogP contribution in [0.15, 0.2) is 84.9 Å². The van der Waals surface area contributed by atoms with Gasteiger partial charge in [0, 0.05) is 191 Å². The maximum absolute atomic E-state index is 12.7. The highest BCUT2D eigenvalue weighted by atomic mass is 16.5. The van der Waals surface area contributed by atoms with Gasteiger partial charge in [-0.25, -0.2) is 0 Å². The van der Waals surface area contributed by atoms with Crippen LogP contribution in [0.4, 0.5) is 22.7 Å². The van der Waals surface area contributed by atoms with Crippen LogP contribution in [-0.2, 0) is 60.7 Å². The van der Waals surface area contributed by atoms with Crippen molar-refractivity contribution in [3.05, 3.63) is 118 Å². The third kappa shape index (κ3) is 32.1. The lowest BCUT2D eigenvalue weighted by Crippen LogP contribution is -2.46. The summed E-state index contributed by atoms with van der Waals surface area (Å²) in [5, 5.41) is 17.5. The average molecular weight is 1290 g/mol. The molecular formula is C69H104N12O12. The number of carbonyl (C=O) groups excluding carboxylic acids is 6. The molecule has 0 saturated carbocycles. The molecule has 93 heavy (non-hydrogen) atoms. The summed E-state index contributed by atoms with van der Waals surface area (Å²) in [6.07, 6.45) is 4.74. The number of amides is 6. The number of carbonyl (C=O) groups is 6. The highest BCUT2D eigenvalue weighted by Gasteiger charge is 2.20. The average Bonchev–Trinajstić information content (AvgIpc) is 1.65. The van der Waals surface area contributed by atoms with E-state index < -0.39 is 0 Å². The Labute approximate surface area is 550 Å². The summed E-state index contributed by atoms with van der Waals surface area (Å²) in [4.78, 5) is 84.2. The zero-order valence-corrected chi connectivity index (χ0v) is 55.1. The third-order valence-electron chi connectivity index (χ3n) is 16.0. The Morgan fingerprint density at radius 3 is 0.968 bits per heavy atom. The van der Waals surface area contributed by atoms with Crippen molar-refractivity contribution >= 4 is 58.2 Å². The van der Waals surface area contributed by atoms with Gasteiger partial charge in [-0.15, -0.1) is 0 Å². The van der Waals surface area contributed by atoms with Crippen molar-refractivity contribution in [3.63, 3.8) is 0 Å². The number of nitrogens with two attached hydrogens (primary N) is 2. The van der Waals surface area contributed by atoms with Crippen molar-refractivity contribution in [3.8, 4) is 0 Å². The zero-order valence-electron chi connectivity index (χ0n) is 55.1. The Morgan fingerprint density at radius 2 is 0.656 bits per heavy atom. The lowest BCUT2D eigenvalue weighted by molar-refractivity contribution is -0.123. The Balaban J connectivity index is 0.601. The van der Waals surface area contributed by atoms with E-state index in [1.165, 1.54) is 0 Å². The number of rotatable bonds is 46. The molecule has 0 aromatic heterocycles. The zero-order chi connectivity index (χ0) is 66.1. The summed E-state index contributed by atoms with van der Waals surface area (Å²) in [5.41, 5.74) is 20.0. The monoisotopic (exact) mass is 1290 g/mol. The van der Waals surface area contributed by atoms with Gasteiger partial charge in [0.25, 0.3) is 11.8 Å². The fourth-order valence-electron chi connectivity index (χ4n) is 10.2. The van der Waals surface area contributed by atoms with Gasteiger partial charge in [-0.2, -0.15) is 0 Å². The fraction of sp³-hybridized carbons (Fsp3) is 0.565. The van der Waals surface area contributed by atoms with Gasteiger partial charge in [0.15, 0.2) is 0 Å². The quantitative estimate of drug-likeness (QED) is 0.0214. The summed E-state index contributed by atoms with van der Waals surface area (Å²) in [6.45, 7) is 22.0. The van der Waals surface area contributed by atoms with Crippen LogP contribution in [-0.4, -0.2) is 226 Å². The van der Waals surface area contributed by atoms with Gasteiger partial charge in [-0.05, 0) is 117 Å². The third-order valence-corrected chi connectivity index (χ3v) is 16.0. The molecule has 24 nitrogen and oxygen atoms in total. The Morgan fingerprint density at radius 1 is 0.366 bits per heavy atom. The summed E-state index contributed by atoms with van der Waals surface area (Å²) in [7, 11) is 0. The maximum atomic E-state index is 12.7. The van der Waals surface area contributed by atoms with Gasteiger partial charge in [0.05, 0.1) is 52.9 Å². The first-order valence-electron chi connectivity index (χ1n) is 33.2. The molecular weight excluding hydrogens is 1190 g/mol. The number of hydrogen-bond donors (Lipinski definition) is 8. The largest absolute Gasteiger partial charge is 0.398 e. The van der Waals surface area contributed by atoms with Crippen LogP contribution in [0.25, 0.3) is 0 Å². The molecule has 24 heteroatoms. The standard InChI is InChI=1S/C69H104N12O12/c1-54-10-20-60(50-62(54)70)76-68(86)58-16-12-56(13-17-58)52-80-34-30-78(31-35-80)28-22-66(84)74-26-6-40-90-44-48-92-46-42-88-38-4-24-72-64(82)8-3-9-65(83)73-25-5-39-89-43-47-93-49-45-91-41-7-27-75-67(85)23-29-79-32-36-81(37-33-79)53-57-14-18-59(19-15-57)69(87)77-61-21-11-55(2)63(71)51-61/h10-21,50-51H,3-9,22-49,52-53,70-71H2,1-2H3,(H,72,82)(H,73,83)(H,74,84)(H,75,85)(H,76,86)(H,77,87). The predicted octanol–water partition coefficient (Wildman–Crippen LogP) is 4.98. The Hall–Kier alpha value is -7.10. The highest BCUT2D eigenvalue weighted by molar-refractivity contribution is 6.05. The molecule has 0 atom stereocenters. The molecule has 4 aromatic rings. The number of hydrogen-bond acceptors (Lipinski definition) is 18. The Bertz CT molecular complexity index is 2650. The van der Waals surface area contributed by atoms with E-state index in [9.17, 15) is 28.8 Å². The van der Waals surface area contributed by atoms with Crippen LogP contribution >= 0.6 is 0 Å². The van der Waals surface area contributed by atoms with Crippen LogP contribution < -0.4 is 43.4 Å². The van der Waals surface area contributed by atoms with E-state index in [2.05, 4.69) is 51.5 Å². The number of ether oxygens (including phenoxy) is 6. The number of anilines is 4. The molecule has 2 heterocycles. The van der Waals surface area contributed by atoms with E-state index in [-0.39, 0.29) is 48.3 Å². The van der Waals surface area contributed by atoms with Gasteiger partial charge in [0.1, 0.15) is 0 Å². The second-order valence-corrected chi connectivity index (χ2v) is 23.5. The molecule has 4 aromatic carbocycles. The van der Waals surface area contributed by atoms with E-state index in [1.54, 1.807) is 12.1 Å². The second kappa shape index (κ2) is 44.5. The van der Waals surface area contributed by atoms with Gasteiger partial charge in [0.2, 0.25) is 23.6 Å². The topological polar surface area (TPSA) is 295 Å². The SMILES string of the molecule is Cc1ccc(NC(=O)c2ccc(CN3CCN(CCC(=O)NCCCOCCOCCOCCCNC(=O)CCCC(=O)NCCCOCCOCCOCCCNC(=O)CCN4CCN(Cc5ccc(C(=O)Nc6ccc(C)c(N)c6)cc5)CC4)CC3)cc2)cc1N. The van der Waals surface area contributed by atoms with E-state index >= 15 is 0 Å². The van der Waals surface area contributed by atoms with Crippen molar-refractivity contribution in [2.24, 2.45) is 0 Å². The molecule has 0 unspecified atom stereocenters. The van der Waals surface area contributed by atoms with Crippen LogP contribution in [0, 0.1) is 13.8 Å². The fourth-order valence-corrected chi connectivity index (χ4v) is 10.2. The smallest absolute Gasteiger partial charge is 0.255 e. The van der Waals surface area contributed by atoms with Gasteiger partial charge in [-0.3, -0.25) is 38.6 Å². The van der Waals surface area contributed by atoms with Gasteiger partial charge >= 0.3 is 0 Å². The van der Waals surface area contributed by atoms with Gasteiger partial charge in [-0.1, -0.05) is 36.4 Å². The first-order chi connectivity index (χ1) is 45.3. The van der Waals surface area contributed by atoms with Crippen LogP contribution in [0.1, 0.15) is 101 Å². The summed E-state index contributed by atoms with van der Waals surface area (Å²) < 4.78 is 33.6. The first kappa shape index (κ1) is 74.9. The molecule has 6 rings (SSSR count). The van der Waals surface area contributed by atoms with Crippen molar-refractivity contribution in [1.29, 1.82) is 0 Å². The van der Waals surface area contributed by atoms with Crippen molar-refractivity contribution in [1.82, 2.24) is 40.9 Å². The van der Waals surface area contributed by atoms with E-state index in [4.69, 9.17) is 39.9 Å². The molecule has 10 N–H and O–H groups in total. The molecule has 2 fully saturated rings.